The molecule has 1 aromatic rings. The highest BCUT2D eigenvalue weighted by atomic mass is 19.4. The van der Waals surface area contributed by atoms with Crippen LogP contribution in [0.2, 0.25) is 0 Å². The summed E-state index contributed by atoms with van der Waals surface area (Å²) in [5.74, 6) is -0.980. The second-order valence-electron chi connectivity index (χ2n) is 7.01. The van der Waals surface area contributed by atoms with Gasteiger partial charge in [-0.05, 0) is 30.9 Å². The molecule has 1 saturated heterocycles. The fraction of sp³-hybridized carbons (Fsp3) is 0.556. The van der Waals surface area contributed by atoms with E-state index in [1.165, 1.54) is 6.07 Å². The van der Waals surface area contributed by atoms with Gasteiger partial charge < -0.3 is 10.6 Å². The summed E-state index contributed by atoms with van der Waals surface area (Å²) in [7, 11) is 0. The predicted molar refractivity (Wildman–Crippen MR) is 85.5 cm³/mol. The van der Waals surface area contributed by atoms with Crippen molar-refractivity contribution in [3.63, 3.8) is 0 Å². The lowest BCUT2D eigenvalue weighted by Crippen LogP contribution is -2.45. The summed E-state index contributed by atoms with van der Waals surface area (Å²) in [6.07, 6.45) is -1.26. The lowest BCUT2D eigenvalue weighted by atomic mass is 9.77. The quantitative estimate of drug-likeness (QED) is 0.907. The van der Waals surface area contributed by atoms with Gasteiger partial charge in [0.1, 0.15) is 0 Å². The molecule has 1 atom stereocenters. The highest BCUT2D eigenvalue weighted by Gasteiger charge is 2.47. The molecule has 4 nitrogen and oxygen atoms in total. The Morgan fingerprint density at radius 1 is 1.20 bits per heavy atom. The molecule has 1 aromatic carbocycles. The van der Waals surface area contributed by atoms with Gasteiger partial charge in [-0.25, -0.2) is 0 Å². The van der Waals surface area contributed by atoms with Crippen LogP contribution in [0.3, 0.4) is 0 Å². The number of hydrogen-bond donors (Lipinski definition) is 1. The SMILES string of the molecule is NC(=O)C1CCN(C(=O)C2(c3cccc(C(F)(F)F)c3)CCCC2)C1. The van der Waals surface area contributed by atoms with Crippen LogP contribution in [-0.4, -0.2) is 29.8 Å². The summed E-state index contributed by atoms with van der Waals surface area (Å²) in [6.45, 7) is 0.683. The van der Waals surface area contributed by atoms with Crippen LogP contribution in [0.4, 0.5) is 13.2 Å². The zero-order valence-corrected chi connectivity index (χ0v) is 13.8. The molecule has 136 valence electrons. The van der Waals surface area contributed by atoms with E-state index >= 15 is 0 Å². The second kappa shape index (κ2) is 6.35. The molecule has 2 N–H and O–H groups in total. The number of nitrogens with two attached hydrogens (primary N) is 1. The van der Waals surface area contributed by atoms with E-state index in [9.17, 15) is 22.8 Å². The van der Waals surface area contributed by atoms with Crippen molar-refractivity contribution in [2.45, 2.75) is 43.7 Å². The van der Waals surface area contributed by atoms with Gasteiger partial charge in [-0.2, -0.15) is 13.2 Å². The minimum atomic E-state index is -4.44. The highest BCUT2D eigenvalue weighted by Crippen LogP contribution is 2.44. The van der Waals surface area contributed by atoms with E-state index in [0.29, 0.717) is 31.4 Å². The average Bonchev–Trinajstić information content (AvgIpc) is 3.24. The molecule has 0 aromatic heterocycles. The molecule has 2 fully saturated rings. The number of rotatable bonds is 3. The zero-order chi connectivity index (χ0) is 18.2. The minimum absolute atomic E-state index is 0.173. The fourth-order valence-corrected chi connectivity index (χ4v) is 4.08. The largest absolute Gasteiger partial charge is 0.416 e. The van der Waals surface area contributed by atoms with E-state index in [1.807, 2.05) is 0 Å². The maximum absolute atomic E-state index is 13.2. The van der Waals surface area contributed by atoms with E-state index in [1.54, 1.807) is 11.0 Å². The van der Waals surface area contributed by atoms with Crippen molar-refractivity contribution in [1.82, 2.24) is 4.90 Å². The lowest BCUT2D eigenvalue weighted by molar-refractivity contribution is -0.139. The average molecular weight is 354 g/mol. The lowest BCUT2D eigenvalue weighted by Gasteiger charge is -2.33. The van der Waals surface area contributed by atoms with Crippen molar-refractivity contribution in [3.8, 4) is 0 Å². The molecule has 25 heavy (non-hydrogen) atoms. The molecule has 2 amide bonds. The van der Waals surface area contributed by atoms with Crippen molar-refractivity contribution in [1.29, 1.82) is 0 Å². The molecule has 1 aliphatic carbocycles. The van der Waals surface area contributed by atoms with Crippen molar-refractivity contribution in [2.75, 3.05) is 13.1 Å². The molecule has 0 bridgehead atoms. The number of carbonyl (C=O) groups excluding carboxylic acids is 2. The van der Waals surface area contributed by atoms with E-state index in [0.717, 1.165) is 25.0 Å². The first-order chi connectivity index (χ1) is 11.7. The van der Waals surface area contributed by atoms with Gasteiger partial charge in [-0.15, -0.1) is 0 Å². The third-order valence-electron chi connectivity index (χ3n) is 5.49. The summed E-state index contributed by atoms with van der Waals surface area (Å²) < 4.78 is 39.2. The van der Waals surface area contributed by atoms with Crippen LogP contribution >= 0.6 is 0 Å². The van der Waals surface area contributed by atoms with Crippen molar-refractivity contribution >= 4 is 11.8 Å². The van der Waals surface area contributed by atoms with E-state index in [2.05, 4.69) is 0 Å². The van der Waals surface area contributed by atoms with Gasteiger partial charge in [0, 0.05) is 13.1 Å². The Hall–Kier alpha value is -2.05. The van der Waals surface area contributed by atoms with Crippen LogP contribution in [0.5, 0.6) is 0 Å². The predicted octanol–water partition coefficient (Wildman–Crippen LogP) is 2.85. The molecule has 2 aliphatic rings. The first-order valence-corrected chi connectivity index (χ1v) is 8.50. The second-order valence-corrected chi connectivity index (χ2v) is 7.01. The van der Waals surface area contributed by atoms with Gasteiger partial charge in [-0.3, -0.25) is 9.59 Å². The van der Waals surface area contributed by atoms with Crippen LogP contribution < -0.4 is 5.73 Å². The molecule has 0 radical (unpaired) electrons. The number of nitrogens with zero attached hydrogens (tertiary/aromatic N) is 1. The Bertz CT molecular complexity index is 681. The van der Waals surface area contributed by atoms with Crippen molar-refractivity contribution < 1.29 is 22.8 Å². The summed E-state index contributed by atoms with van der Waals surface area (Å²) >= 11 is 0. The Morgan fingerprint density at radius 2 is 1.88 bits per heavy atom. The first kappa shape index (κ1) is 17.8. The summed E-state index contributed by atoms with van der Waals surface area (Å²) in [5, 5.41) is 0. The van der Waals surface area contributed by atoms with Gasteiger partial charge in [0.25, 0.3) is 0 Å². The zero-order valence-electron chi connectivity index (χ0n) is 13.8. The number of hydrogen-bond acceptors (Lipinski definition) is 2. The Balaban J connectivity index is 1.92. The molecule has 1 aliphatic heterocycles. The molecule has 3 rings (SSSR count). The Labute approximate surface area is 144 Å². The van der Waals surface area contributed by atoms with Gasteiger partial charge in [0.05, 0.1) is 16.9 Å². The van der Waals surface area contributed by atoms with E-state index in [4.69, 9.17) is 5.73 Å². The Kier molecular flexibility index (Phi) is 4.51. The molecular formula is C18H21F3N2O2. The number of halogens is 3. The van der Waals surface area contributed by atoms with Crippen LogP contribution in [0.1, 0.15) is 43.2 Å². The van der Waals surface area contributed by atoms with E-state index in [-0.39, 0.29) is 18.4 Å². The van der Waals surface area contributed by atoms with Crippen molar-refractivity contribution in [2.24, 2.45) is 11.7 Å². The molecule has 1 heterocycles. The summed E-state index contributed by atoms with van der Waals surface area (Å²) in [6, 6.07) is 5.10. The van der Waals surface area contributed by atoms with Crippen LogP contribution in [0.25, 0.3) is 0 Å². The van der Waals surface area contributed by atoms with Crippen LogP contribution in [-0.2, 0) is 21.2 Å². The van der Waals surface area contributed by atoms with Crippen LogP contribution in [0.15, 0.2) is 24.3 Å². The summed E-state index contributed by atoms with van der Waals surface area (Å²) in [5.41, 5.74) is 4.09. The van der Waals surface area contributed by atoms with Gasteiger partial charge in [0.2, 0.25) is 11.8 Å². The monoisotopic (exact) mass is 354 g/mol. The van der Waals surface area contributed by atoms with Crippen molar-refractivity contribution in [3.05, 3.63) is 35.4 Å². The highest BCUT2D eigenvalue weighted by molar-refractivity contribution is 5.90. The third-order valence-corrected chi connectivity index (χ3v) is 5.49. The standard InChI is InChI=1S/C18H21F3N2O2/c19-18(20,21)14-5-3-4-13(10-14)17(7-1-2-8-17)16(25)23-9-6-12(11-23)15(22)24/h3-5,10,12H,1-2,6-9,11H2,(H2,22,24). The first-order valence-electron chi connectivity index (χ1n) is 8.50. The number of carbonyl (C=O) groups is 2. The normalized spacial score (nSPS) is 23.0. The molecule has 1 saturated carbocycles. The number of alkyl halides is 3. The van der Waals surface area contributed by atoms with Gasteiger partial charge in [0.15, 0.2) is 0 Å². The van der Waals surface area contributed by atoms with Gasteiger partial charge in [-0.1, -0.05) is 31.0 Å². The van der Waals surface area contributed by atoms with Crippen LogP contribution in [0, 0.1) is 5.92 Å². The Morgan fingerprint density at radius 3 is 2.44 bits per heavy atom. The topological polar surface area (TPSA) is 63.4 Å². The maximum Gasteiger partial charge on any atom is 0.416 e. The molecule has 7 heteroatoms. The maximum atomic E-state index is 13.2. The fourth-order valence-electron chi connectivity index (χ4n) is 4.08. The summed E-state index contributed by atoms with van der Waals surface area (Å²) in [4.78, 5) is 26.1. The molecule has 0 spiro atoms. The van der Waals surface area contributed by atoms with E-state index < -0.39 is 23.1 Å². The number of likely N-dealkylation sites (tertiary alicyclic amines) is 1. The number of primary amides is 1. The van der Waals surface area contributed by atoms with Gasteiger partial charge >= 0.3 is 6.18 Å². The minimum Gasteiger partial charge on any atom is -0.369 e. The molecular weight excluding hydrogens is 333 g/mol. The number of benzene rings is 1. The third kappa shape index (κ3) is 3.24. The number of amides is 2. The molecule has 1 unspecified atom stereocenters. The smallest absolute Gasteiger partial charge is 0.369 e.